The van der Waals surface area contributed by atoms with Crippen molar-refractivity contribution in [1.82, 2.24) is 10.2 Å². The summed E-state index contributed by atoms with van der Waals surface area (Å²) in [5.41, 5.74) is 1.43. The summed E-state index contributed by atoms with van der Waals surface area (Å²) in [6.07, 6.45) is 1.08. The molecule has 1 fully saturated rings. The van der Waals surface area contributed by atoms with Crippen LogP contribution in [-0.4, -0.2) is 42.2 Å². The van der Waals surface area contributed by atoms with E-state index in [1.54, 1.807) is 0 Å². The van der Waals surface area contributed by atoms with E-state index in [1.807, 2.05) is 24.3 Å². The van der Waals surface area contributed by atoms with E-state index in [9.17, 15) is 9.90 Å². The van der Waals surface area contributed by atoms with Gasteiger partial charge in [-0.2, -0.15) is 0 Å². The second-order valence-corrected chi connectivity index (χ2v) is 5.09. The lowest BCUT2D eigenvalue weighted by atomic mass is 10.1. The van der Waals surface area contributed by atoms with Crippen molar-refractivity contribution < 1.29 is 14.3 Å². The topological polar surface area (TPSA) is 65.7 Å². The van der Waals surface area contributed by atoms with Crippen molar-refractivity contribution in [3.63, 3.8) is 0 Å². The van der Waals surface area contributed by atoms with Crippen molar-refractivity contribution in [2.24, 2.45) is 0 Å². The minimum Gasteiger partial charge on any atom is -0.475 e. The van der Waals surface area contributed by atoms with Crippen LogP contribution in [0.1, 0.15) is 22.5 Å². The first-order valence-electron chi connectivity index (χ1n) is 6.92. The molecule has 1 aliphatic rings. The van der Waals surface area contributed by atoms with Gasteiger partial charge in [-0.05, 0) is 25.6 Å². The molecule has 1 aromatic carbocycles. The molecule has 2 N–H and O–H groups in total. The van der Waals surface area contributed by atoms with Gasteiger partial charge in [-0.3, -0.25) is 4.90 Å². The summed E-state index contributed by atoms with van der Waals surface area (Å²) in [5, 5.41) is 13.6. The number of rotatable bonds is 3. The van der Waals surface area contributed by atoms with Crippen LogP contribution in [0.3, 0.4) is 0 Å². The lowest BCUT2D eigenvalue weighted by Crippen LogP contribution is -2.28. The van der Waals surface area contributed by atoms with Gasteiger partial charge in [-0.15, -0.1) is 0 Å². The average molecular weight is 274 g/mol. The molecular formula is C15H18N2O3. The predicted octanol–water partition coefficient (Wildman–Crippen LogP) is 1.93. The van der Waals surface area contributed by atoms with E-state index >= 15 is 0 Å². The third-order valence-electron chi connectivity index (χ3n) is 3.71. The van der Waals surface area contributed by atoms with Crippen molar-refractivity contribution in [3.8, 4) is 0 Å². The van der Waals surface area contributed by atoms with E-state index < -0.39 is 5.97 Å². The summed E-state index contributed by atoms with van der Waals surface area (Å²) in [4.78, 5) is 13.7. The molecule has 1 aromatic heterocycles. The molecule has 1 aliphatic heterocycles. The highest BCUT2D eigenvalue weighted by Gasteiger charge is 2.22. The Morgan fingerprint density at radius 2 is 2.15 bits per heavy atom. The van der Waals surface area contributed by atoms with E-state index in [2.05, 4.69) is 10.2 Å². The first-order valence-corrected chi connectivity index (χ1v) is 6.92. The fraction of sp³-hybridized carbons (Fsp3) is 0.400. The van der Waals surface area contributed by atoms with Gasteiger partial charge in [0.2, 0.25) is 5.76 Å². The Morgan fingerprint density at radius 3 is 3.00 bits per heavy atom. The number of para-hydroxylation sites is 1. The Labute approximate surface area is 117 Å². The van der Waals surface area contributed by atoms with Gasteiger partial charge in [0.15, 0.2) is 0 Å². The first kappa shape index (κ1) is 13.1. The lowest BCUT2D eigenvalue weighted by Gasteiger charge is -2.19. The van der Waals surface area contributed by atoms with E-state index in [0.29, 0.717) is 12.1 Å². The normalized spacial score (nSPS) is 17.2. The summed E-state index contributed by atoms with van der Waals surface area (Å²) in [5.74, 6) is -0.924. The lowest BCUT2D eigenvalue weighted by molar-refractivity contribution is 0.0661. The second-order valence-electron chi connectivity index (χ2n) is 5.09. The minimum absolute atomic E-state index is 0.0726. The van der Waals surface area contributed by atoms with Gasteiger partial charge in [0.1, 0.15) is 5.58 Å². The van der Waals surface area contributed by atoms with Crippen molar-refractivity contribution in [1.29, 1.82) is 0 Å². The summed E-state index contributed by atoms with van der Waals surface area (Å²) >= 11 is 0. The van der Waals surface area contributed by atoms with Crippen molar-refractivity contribution in [2.45, 2.75) is 13.0 Å². The standard InChI is InChI=1S/C15H18N2O3/c18-15(19)14-12(10-17-8-3-6-16-7-9-17)11-4-1-2-5-13(11)20-14/h1-2,4-5,16H,3,6-10H2,(H,18,19). The van der Waals surface area contributed by atoms with Crippen LogP contribution in [0.25, 0.3) is 11.0 Å². The number of fused-ring (bicyclic) bond motifs is 1. The van der Waals surface area contributed by atoms with E-state index in [4.69, 9.17) is 4.42 Å². The van der Waals surface area contributed by atoms with E-state index in [1.165, 1.54) is 0 Å². The monoisotopic (exact) mass is 274 g/mol. The smallest absolute Gasteiger partial charge is 0.372 e. The van der Waals surface area contributed by atoms with Crippen LogP contribution in [0.15, 0.2) is 28.7 Å². The molecule has 0 unspecified atom stereocenters. The van der Waals surface area contributed by atoms with Gasteiger partial charge in [-0.1, -0.05) is 18.2 Å². The highest BCUT2D eigenvalue weighted by Crippen LogP contribution is 2.27. The van der Waals surface area contributed by atoms with E-state index in [-0.39, 0.29) is 5.76 Å². The van der Waals surface area contributed by atoms with Gasteiger partial charge in [0.05, 0.1) is 0 Å². The summed E-state index contributed by atoms with van der Waals surface area (Å²) in [6, 6.07) is 7.51. The second kappa shape index (κ2) is 5.64. The Kier molecular flexibility index (Phi) is 3.71. The fourth-order valence-electron chi connectivity index (χ4n) is 2.71. The molecule has 0 spiro atoms. The Morgan fingerprint density at radius 1 is 1.30 bits per heavy atom. The average Bonchev–Trinajstić information content (AvgIpc) is 2.62. The molecule has 0 bridgehead atoms. The molecule has 0 aliphatic carbocycles. The zero-order valence-corrected chi connectivity index (χ0v) is 11.3. The molecule has 0 atom stereocenters. The minimum atomic E-state index is -0.996. The molecule has 5 heteroatoms. The van der Waals surface area contributed by atoms with Crippen molar-refractivity contribution in [3.05, 3.63) is 35.6 Å². The first-order chi connectivity index (χ1) is 9.75. The molecule has 0 saturated carbocycles. The van der Waals surface area contributed by atoms with Crippen LogP contribution >= 0.6 is 0 Å². The molecule has 3 rings (SSSR count). The van der Waals surface area contributed by atoms with Crippen LogP contribution < -0.4 is 5.32 Å². The summed E-state index contributed by atoms with van der Waals surface area (Å²) in [7, 11) is 0. The third kappa shape index (κ3) is 2.55. The highest BCUT2D eigenvalue weighted by atomic mass is 16.4. The third-order valence-corrected chi connectivity index (χ3v) is 3.71. The molecule has 1 saturated heterocycles. The number of carboxylic acids is 1. The Hall–Kier alpha value is -1.85. The molecule has 0 amide bonds. The summed E-state index contributed by atoms with van der Waals surface area (Å²) in [6.45, 7) is 4.50. The zero-order chi connectivity index (χ0) is 13.9. The van der Waals surface area contributed by atoms with Crippen molar-refractivity contribution in [2.75, 3.05) is 26.2 Å². The molecule has 106 valence electrons. The molecular weight excluding hydrogens is 256 g/mol. The maximum Gasteiger partial charge on any atom is 0.372 e. The van der Waals surface area contributed by atoms with Crippen LogP contribution in [0, 0.1) is 0 Å². The van der Waals surface area contributed by atoms with Gasteiger partial charge in [0.25, 0.3) is 0 Å². The van der Waals surface area contributed by atoms with Crippen molar-refractivity contribution >= 4 is 16.9 Å². The van der Waals surface area contributed by atoms with E-state index in [0.717, 1.165) is 43.5 Å². The molecule has 20 heavy (non-hydrogen) atoms. The number of hydrogen-bond donors (Lipinski definition) is 2. The quantitative estimate of drug-likeness (QED) is 0.895. The maximum absolute atomic E-state index is 11.4. The molecule has 5 nitrogen and oxygen atoms in total. The number of nitrogens with zero attached hydrogens (tertiary/aromatic N) is 1. The van der Waals surface area contributed by atoms with Crippen LogP contribution in [-0.2, 0) is 6.54 Å². The molecule has 2 aromatic rings. The zero-order valence-electron chi connectivity index (χ0n) is 11.3. The Balaban J connectivity index is 1.95. The summed E-state index contributed by atoms with van der Waals surface area (Å²) < 4.78 is 5.49. The number of benzene rings is 1. The SMILES string of the molecule is O=C(O)c1oc2ccccc2c1CN1CCCNCC1. The number of carbonyl (C=O) groups is 1. The van der Waals surface area contributed by atoms with Crippen LogP contribution in [0.4, 0.5) is 0 Å². The fourth-order valence-corrected chi connectivity index (χ4v) is 2.71. The number of aromatic carboxylic acids is 1. The molecule has 2 heterocycles. The number of carboxylic acid groups (broad SMARTS) is 1. The van der Waals surface area contributed by atoms with Gasteiger partial charge >= 0.3 is 5.97 Å². The number of hydrogen-bond acceptors (Lipinski definition) is 4. The molecule has 0 radical (unpaired) electrons. The van der Waals surface area contributed by atoms with Crippen LogP contribution in [0.2, 0.25) is 0 Å². The largest absolute Gasteiger partial charge is 0.475 e. The van der Waals surface area contributed by atoms with Gasteiger partial charge in [0, 0.05) is 30.6 Å². The Bertz CT molecular complexity index is 613. The van der Waals surface area contributed by atoms with Gasteiger partial charge < -0.3 is 14.8 Å². The number of nitrogens with one attached hydrogen (secondary N) is 1. The predicted molar refractivity (Wildman–Crippen MR) is 75.9 cm³/mol. The van der Waals surface area contributed by atoms with Crippen LogP contribution in [0.5, 0.6) is 0 Å². The highest BCUT2D eigenvalue weighted by molar-refractivity contribution is 5.95. The van der Waals surface area contributed by atoms with Gasteiger partial charge in [-0.25, -0.2) is 4.79 Å². The maximum atomic E-state index is 11.4. The number of furan rings is 1.